The minimum Gasteiger partial charge on any atom is -0.288 e. The quantitative estimate of drug-likeness (QED) is 0.519. The predicted octanol–water partition coefficient (Wildman–Crippen LogP) is 2.46. The number of carbonyl (C=O) groups is 1. The van der Waals surface area contributed by atoms with Crippen molar-refractivity contribution in [3.63, 3.8) is 0 Å². The first-order valence-electron chi connectivity index (χ1n) is 6.41. The molecule has 0 saturated heterocycles. The summed E-state index contributed by atoms with van der Waals surface area (Å²) >= 11 is 0. The summed E-state index contributed by atoms with van der Waals surface area (Å²) in [4.78, 5) is 33.0. The molecule has 1 aliphatic carbocycles. The number of fused-ring (bicyclic) bond motifs is 3. The van der Waals surface area contributed by atoms with Gasteiger partial charge in [0.25, 0.3) is 0 Å². The number of carbonyl (C=O) groups excluding carboxylic acids is 1. The van der Waals surface area contributed by atoms with E-state index in [1.807, 2.05) is 0 Å². The number of hydrogen-bond donors (Lipinski definition) is 0. The SMILES string of the molecule is N#Cc1c(C#N)c([N+](=O)[O-])c([N+](=O)[O-])c2c1-c1ccccc1C2=O. The molecule has 9 heteroatoms. The van der Waals surface area contributed by atoms with E-state index in [1.165, 1.54) is 24.3 Å². The maximum absolute atomic E-state index is 12.5. The average molecular weight is 320 g/mol. The summed E-state index contributed by atoms with van der Waals surface area (Å²) in [5, 5.41) is 41.3. The first-order chi connectivity index (χ1) is 11.4. The van der Waals surface area contributed by atoms with Crippen molar-refractivity contribution in [3.05, 3.63) is 66.7 Å². The topological polar surface area (TPSA) is 151 Å². The highest BCUT2D eigenvalue weighted by Crippen LogP contribution is 2.48. The van der Waals surface area contributed by atoms with E-state index >= 15 is 0 Å². The molecular formula is C15H4N4O5. The van der Waals surface area contributed by atoms with Gasteiger partial charge in [-0.25, -0.2) is 0 Å². The fourth-order valence-electron chi connectivity index (χ4n) is 2.82. The minimum atomic E-state index is -1.14. The molecular weight excluding hydrogens is 316 g/mol. The Morgan fingerprint density at radius 2 is 1.38 bits per heavy atom. The Bertz CT molecular complexity index is 1060. The highest BCUT2D eigenvalue weighted by Gasteiger charge is 2.45. The van der Waals surface area contributed by atoms with Gasteiger partial charge in [0.1, 0.15) is 17.7 Å². The van der Waals surface area contributed by atoms with E-state index < -0.39 is 43.7 Å². The number of hydrogen-bond acceptors (Lipinski definition) is 7. The minimum absolute atomic E-state index is 0.0940. The molecule has 0 unspecified atom stereocenters. The molecule has 1 aliphatic rings. The molecule has 0 aromatic heterocycles. The van der Waals surface area contributed by atoms with Crippen LogP contribution in [0.15, 0.2) is 24.3 Å². The van der Waals surface area contributed by atoms with Crippen LogP contribution in [0.25, 0.3) is 11.1 Å². The second kappa shape index (κ2) is 4.97. The molecule has 0 atom stereocenters. The lowest BCUT2D eigenvalue weighted by Gasteiger charge is -2.06. The normalized spacial score (nSPS) is 11.2. The highest BCUT2D eigenvalue weighted by atomic mass is 16.6. The maximum atomic E-state index is 12.5. The van der Waals surface area contributed by atoms with Crippen LogP contribution in [0, 0.1) is 42.9 Å². The lowest BCUT2D eigenvalue weighted by molar-refractivity contribution is -0.422. The van der Waals surface area contributed by atoms with Crippen LogP contribution in [0.3, 0.4) is 0 Å². The molecule has 0 aliphatic heterocycles. The van der Waals surface area contributed by atoms with Gasteiger partial charge < -0.3 is 0 Å². The fraction of sp³-hybridized carbons (Fsp3) is 0. The van der Waals surface area contributed by atoms with Crippen LogP contribution < -0.4 is 0 Å². The lowest BCUT2D eigenvalue weighted by atomic mass is 9.93. The van der Waals surface area contributed by atoms with Gasteiger partial charge in [0, 0.05) is 11.1 Å². The molecule has 2 aromatic rings. The number of nitrogens with zero attached hydrogens (tertiary/aromatic N) is 4. The Morgan fingerprint density at radius 3 is 1.88 bits per heavy atom. The molecule has 24 heavy (non-hydrogen) atoms. The van der Waals surface area contributed by atoms with E-state index in [4.69, 9.17) is 0 Å². The van der Waals surface area contributed by atoms with E-state index in [2.05, 4.69) is 0 Å². The van der Waals surface area contributed by atoms with Gasteiger partial charge in [-0.1, -0.05) is 24.3 Å². The van der Waals surface area contributed by atoms with E-state index in [1.54, 1.807) is 12.1 Å². The molecule has 0 fully saturated rings. The smallest absolute Gasteiger partial charge is 0.288 e. The van der Waals surface area contributed by atoms with Gasteiger partial charge in [0.15, 0.2) is 5.56 Å². The molecule has 114 valence electrons. The highest BCUT2D eigenvalue weighted by molar-refractivity contribution is 6.25. The van der Waals surface area contributed by atoms with Crippen molar-refractivity contribution < 1.29 is 14.6 Å². The second-order valence-electron chi connectivity index (χ2n) is 4.81. The van der Waals surface area contributed by atoms with Crippen molar-refractivity contribution in [1.82, 2.24) is 0 Å². The van der Waals surface area contributed by atoms with Crippen LogP contribution in [0.2, 0.25) is 0 Å². The molecule has 0 spiro atoms. The monoisotopic (exact) mass is 320 g/mol. The third kappa shape index (κ3) is 1.69. The van der Waals surface area contributed by atoms with Gasteiger partial charge in [-0.2, -0.15) is 10.5 Å². The first kappa shape index (κ1) is 14.8. The van der Waals surface area contributed by atoms with Crippen molar-refractivity contribution in [2.75, 3.05) is 0 Å². The number of nitriles is 2. The van der Waals surface area contributed by atoms with Crippen LogP contribution in [-0.2, 0) is 0 Å². The van der Waals surface area contributed by atoms with E-state index in [-0.39, 0.29) is 16.7 Å². The standard InChI is InChI=1S/C15H4N4O5/c16-5-9-10(6-17)13(18(21)22)14(19(23)24)12-11(9)7-3-1-2-4-8(7)15(12)20/h1-4H. The van der Waals surface area contributed by atoms with Crippen LogP contribution in [-0.4, -0.2) is 15.6 Å². The van der Waals surface area contributed by atoms with Crippen LogP contribution in [0.5, 0.6) is 0 Å². The first-order valence-corrected chi connectivity index (χ1v) is 6.41. The number of benzene rings is 2. The Morgan fingerprint density at radius 1 is 0.833 bits per heavy atom. The van der Waals surface area contributed by atoms with Crippen molar-refractivity contribution in [3.8, 4) is 23.3 Å². The number of nitro benzene ring substituents is 2. The van der Waals surface area contributed by atoms with Gasteiger partial charge in [0.05, 0.1) is 15.4 Å². The Labute approximate surface area is 133 Å². The van der Waals surface area contributed by atoms with Gasteiger partial charge in [-0.3, -0.25) is 25.0 Å². The molecule has 0 saturated carbocycles. The van der Waals surface area contributed by atoms with Crippen LogP contribution in [0.1, 0.15) is 27.0 Å². The second-order valence-corrected chi connectivity index (χ2v) is 4.81. The third-order valence-electron chi connectivity index (χ3n) is 3.70. The molecule has 0 amide bonds. The predicted molar refractivity (Wildman–Crippen MR) is 78.0 cm³/mol. The fourth-order valence-corrected chi connectivity index (χ4v) is 2.82. The summed E-state index contributed by atoms with van der Waals surface area (Å²) in [5.74, 6) is -0.781. The van der Waals surface area contributed by atoms with E-state index in [9.17, 15) is 35.5 Å². The van der Waals surface area contributed by atoms with Crippen molar-refractivity contribution >= 4 is 17.2 Å². The number of ketones is 1. The van der Waals surface area contributed by atoms with Crippen LogP contribution in [0.4, 0.5) is 11.4 Å². The molecule has 0 N–H and O–H groups in total. The summed E-state index contributed by atoms with van der Waals surface area (Å²) in [6, 6.07) is 9.11. The Balaban J connectivity index is 2.65. The molecule has 0 radical (unpaired) electrons. The Hall–Kier alpha value is -4.11. The third-order valence-corrected chi connectivity index (χ3v) is 3.70. The summed E-state index contributed by atoms with van der Waals surface area (Å²) in [6.07, 6.45) is 0. The number of nitro groups is 2. The van der Waals surface area contributed by atoms with Gasteiger partial charge in [0.2, 0.25) is 5.78 Å². The molecule has 0 bridgehead atoms. The van der Waals surface area contributed by atoms with Gasteiger partial charge in [-0.05, 0) is 5.56 Å². The zero-order valence-corrected chi connectivity index (χ0v) is 11.6. The van der Waals surface area contributed by atoms with Crippen LogP contribution >= 0.6 is 0 Å². The summed E-state index contributed by atoms with van der Waals surface area (Å²) in [7, 11) is 0. The largest absolute Gasteiger partial charge is 0.365 e. The lowest BCUT2D eigenvalue weighted by Crippen LogP contribution is -2.08. The average Bonchev–Trinajstić information content (AvgIpc) is 2.85. The zero-order valence-electron chi connectivity index (χ0n) is 11.6. The van der Waals surface area contributed by atoms with E-state index in [0.717, 1.165) is 0 Å². The molecule has 3 rings (SSSR count). The summed E-state index contributed by atoms with van der Waals surface area (Å²) in [5.41, 5.74) is -3.64. The van der Waals surface area contributed by atoms with Crippen molar-refractivity contribution in [2.24, 2.45) is 0 Å². The van der Waals surface area contributed by atoms with E-state index in [0.29, 0.717) is 0 Å². The molecule has 0 heterocycles. The molecule has 9 nitrogen and oxygen atoms in total. The summed E-state index contributed by atoms with van der Waals surface area (Å²) < 4.78 is 0. The van der Waals surface area contributed by atoms with Gasteiger partial charge >= 0.3 is 11.4 Å². The van der Waals surface area contributed by atoms with Gasteiger partial charge in [-0.15, -0.1) is 0 Å². The zero-order chi connectivity index (χ0) is 17.6. The maximum Gasteiger partial charge on any atom is 0.365 e. The Kier molecular flexibility index (Phi) is 3.07. The summed E-state index contributed by atoms with van der Waals surface area (Å²) in [6.45, 7) is 0. The number of rotatable bonds is 2. The van der Waals surface area contributed by atoms with Crippen molar-refractivity contribution in [1.29, 1.82) is 10.5 Å². The van der Waals surface area contributed by atoms with Crippen molar-refractivity contribution in [2.45, 2.75) is 0 Å². The molecule has 2 aromatic carbocycles.